The molecule has 0 aliphatic rings. The third kappa shape index (κ3) is 1.60. The number of hydrogen-bond donors (Lipinski definition) is 2. The molecule has 0 bridgehead atoms. The third-order valence-electron chi connectivity index (χ3n) is 2.17. The number of fused-ring (bicyclic) bond motifs is 1. The zero-order valence-electron chi connectivity index (χ0n) is 7.96. The minimum Gasteiger partial charge on any atom is -0.322 e. The molecule has 2 rings (SSSR count). The number of benzene rings is 1. The minimum atomic E-state index is -0.410. The second-order valence-corrected chi connectivity index (χ2v) is 3.94. The van der Waals surface area contributed by atoms with Crippen LogP contribution in [0.5, 0.6) is 0 Å². The highest BCUT2D eigenvalue weighted by atomic mass is 79.9. The number of halogens is 2. The number of nitrogens with two attached hydrogens (primary N) is 1. The fourth-order valence-corrected chi connectivity index (χ4v) is 1.77. The highest BCUT2D eigenvalue weighted by Crippen LogP contribution is 2.29. The van der Waals surface area contributed by atoms with Gasteiger partial charge >= 0.3 is 0 Å². The Hall–Kier alpha value is -1.71. The number of nitriles is 1. The molecule has 16 heavy (non-hydrogen) atoms. The van der Waals surface area contributed by atoms with E-state index in [9.17, 15) is 4.39 Å². The summed E-state index contributed by atoms with van der Waals surface area (Å²) in [6, 6.07) is 4.77. The Morgan fingerprint density at radius 1 is 1.50 bits per heavy atom. The van der Waals surface area contributed by atoms with Gasteiger partial charge in [-0.2, -0.15) is 5.26 Å². The number of nitrogens with zero attached hydrogens (tertiary/aromatic N) is 2. The van der Waals surface area contributed by atoms with Crippen LogP contribution in [0.2, 0.25) is 0 Å². The van der Waals surface area contributed by atoms with Gasteiger partial charge in [-0.25, -0.2) is 4.39 Å². The van der Waals surface area contributed by atoms with Gasteiger partial charge in [0.15, 0.2) is 0 Å². The molecule has 3 N–H and O–H groups in total. The summed E-state index contributed by atoms with van der Waals surface area (Å²) in [5, 5.41) is 9.45. The van der Waals surface area contributed by atoms with Crippen molar-refractivity contribution in [3.05, 3.63) is 34.2 Å². The molecular formula is C10H6BrFN4. The summed E-state index contributed by atoms with van der Waals surface area (Å²) in [6.45, 7) is 0. The summed E-state index contributed by atoms with van der Waals surface area (Å²) >= 11 is 3.07. The molecule has 0 fully saturated rings. The number of anilines is 1. The lowest BCUT2D eigenvalue weighted by Crippen LogP contribution is -2.09. The molecule has 80 valence electrons. The topological polar surface area (TPSA) is 74.7 Å². The van der Waals surface area contributed by atoms with Crippen LogP contribution in [0.1, 0.15) is 5.56 Å². The van der Waals surface area contributed by atoms with Crippen LogP contribution in [0.15, 0.2) is 22.8 Å². The summed E-state index contributed by atoms with van der Waals surface area (Å²) in [5.74, 6) is 4.93. The lowest BCUT2D eigenvalue weighted by atomic mass is 10.1. The van der Waals surface area contributed by atoms with Crippen LogP contribution >= 0.6 is 15.9 Å². The van der Waals surface area contributed by atoms with E-state index in [1.165, 1.54) is 18.3 Å². The van der Waals surface area contributed by atoms with E-state index in [1.54, 1.807) is 0 Å². The highest BCUT2D eigenvalue weighted by Gasteiger charge is 2.10. The second kappa shape index (κ2) is 4.04. The number of pyridine rings is 1. The summed E-state index contributed by atoms with van der Waals surface area (Å²) in [4.78, 5) is 3.98. The number of hydrogen-bond acceptors (Lipinski definition) is 4. The predicted octanol–water partition coefficient (Wildman–Crippen LogP) is 2.29. The van der Waals surface area contributed by atoms with Gasteiger partial charge in [-0.05, 0) is 22.0 Å². The van der Waals surface area contributed by atoms with Crippen molar-refractivity contribution in [3.63, 3.8) is 0 Å². The Bertz CT molecular complexity index is 606. The van der Waals surface area contributed by atoms with Crippen molar-refractivity contribution in [2.45, 2.75) is 0 Å². The molecule has 0 unspecified atom stereocenters. The monoisotopic (exact) mass is 280 g/mol. The van der Waals surface area contributed by atoms with Gasteiger partial charge in [0, 0.05) is 17.6 Å². The van der Waals surface area contributed by atoms with E-state index >= 15 is 0 Å². The number of rotatable bonds is 1. The fourth-order valence-electron chi connectivity index (χ4n) is 1.43. The molecule has 0 spiro atoms. The van der Waals surface area contributed by atoms with Gasteiger partial charge in [0.1, 0.15) is 11.9 Å². The first kappa shape index (κ1) is 10.8. The molecule has 2 aromatic rings. The van der Waals surface area contributed by atoms with E-state index in [0.29, 0.717) is 26.6 Å². The van der Waals surface area contributed by atoms with Crippen molar-refractivity contribution in [3.8, 4) is 6.07 Å². The Labute approximate surface area is 99.0 Å². The first-order chi connectivity index (χ1) is 7.67. The Balaban J connectivity index is 2.88. The largest absolute Gasteiger partial charge is 0.322 e. The summed E-state index contributed by atoms with van der Waals surface area (Å²) in [5.41, 5.74) is 3.62. The van der Waals surface area contributed by atoms with Crippen molar-refractivity contribution in [2.24, 2.45) is 5.84 Å². The van der Waals surface area contributed by atoms with Gasteiger partial charge in [0.2, 0.25) is 0 Å². The molecule has 0 saturated carbocycles. The van der Waals surface area contributed by atoms with Crippen LogP contribution in [0, 0.1) is 17.1 Å². The normalized spacial score (nSPS) is 10.1. The zero-order chi connectivity index (χ0) is 11.7. The highest BCUT2D eigenvalue weighted by molar-refractivity contribution is 9.10. The first-order valence-corrected chi connectivity index (χ1v) is 5.11. The molecule has 1 heterocycles. The number of nitrogen functional groups attached to an aromatic ring is 1. The van der Waals surface area contributed by atoms with Crippen LogP contribution in [0.3, 0.4) is 0 Å². The fraction of sp³-hybridized carbons (Fsp3) is 0. The van der Waals surface area contributed by atoms with Crippen LogP contribution in [-0.2, 0) is 0 Å². The number of aromatic nitrogens is 1. The van der Waals surface area contributed by atoms with Gasteiger partial charge in [-0.1, -0.05) is 0 Å². The van der Waals surface area contributed by atoms with Gasteiger partial charge in [-0.15, -0.1) is 0 Å². The smallest absolute Gasteiger partial charge is 0.139 e. The maximum Gasteiger partial charge on any atom is 0.139 e. The van der Waals surface area contributed by atoms with Crippen LogP contribution in [-0.4, -0.2) is 4.98 Å². The third-order valence-corrected chi connectivity index (χ3v) is 2.78. The van der Waals surface area contributed by atoms with Crippen molar-refractivity contribution in [2.75, 3.05) is 5.43 Å². The summed E-state index contributed by atoms with van der Waals surface area (Å²) in [6.07, 6.45) is 1.35. The molecule has 0 radical (unpaired) electrons. The Kier molecular flexibility index (Phi) is 2.73. The first-order valence-electron chi connectivity index (χ1n) is 4.32. The van der Waals surface area contributed by atoms with Gasteiger partial charge in [-0.3, -0.25) is 10.8 Å². The SMILES string of the molecule is N#Cc1cnc2cc(F)c(Br)cc2c1NN. The van der Waals surface area contributed by atoms with Crippen molar-refractivity contribution in [1.29, 1.82) is 5.26 Å². The molecule has 0 amide bonds. The van der Waals surface area contributed by atoms with Crippen molar-refractivity contribution in [1.82, 2.24) is 4.98 Å². The van der Waals surface area contributed by atoms with Crippen molar-refractivity contribution >= 4 is 32.5 Å². The van der Waals surface area contributed by atoms with Crippen LogP contribution < -0.4 is 11.3 Å². The standard InChI is InChI=1S/C10H6BrFN4/c11-7-1-6-9(2-8(7)12)15-4-5(3-13)10(6)16-14/h1-2,4H,14H2,(H,15,16). The molecular weight excluding hydrogens is 275 g/mol. The lowest BCUT2D eigenvalue weighted by molar-refractivity contribution is 0.623. The zero-order valence-corrected chi connectivity index (χ0v) is 9.55. The second-order valence-electron chi connectivity index (χ2n) is 3.09. The van der Waals surface area contributed by atoms with Crippen LogP contribution in [0.4, 0.5) is 10.1 Å². The van der Waals surface area contributed by atoms with E-state index < -0.39 is 5.82 Å². The average Bonchev–Trinajstić information content (AvgIpc) is 2.29. The maximum atomic E-state index is 13.3. The Morgan fingerprint density at radius 2 is 2.25 bits per heavy atom. The van der Waals surface area contributed by atoms with E-state index in [4.69, 9.17) is 11.1 Å². The predicted molar refractivity (Wildman–Crippen MR) is 61.9 cm³/mol. The average molecular weight is 281 g/mol. The summed E-state index contributed by atoms with van der Waals surface area (Å²) < 4.78 is 13.6. The molecule has 0 aliphatic heterocycles. The molecule has 1 aromatic carbocycles. The molecule has 1 aromatic heterocycles. The van der Waals surface area contributed by atoms with E-state index in [2.05, 4.69) is 26.3 Å². The molecule has 6 heteroatoms. The van der Waals surface area contributed by atoms with Crippen molar-refractivity contribution < 1.29 is 4.39 Å². The van der Waals surface area contributed by atoms with Gasteiger partial charge in [0.05, 0.1) is 21.2 Å². The van der Waals surface area contributed by atoms with Gasteiger partial charge < -0.3 is 5.43 Å². The molecule has 0 saturated heterocycles. The van der Waals surface area contributed by atoms with E-state index in [-0.39, 0.29) is 0 Å². The quantitative estimate of drug-likeness (QED) is 0.621. The van der Waals surface area contributed by atoms with Gasteiger partial charge in [0.25, 0.3) is 0 Å². The molecule has 4 nitrogen and oxygen atoms in total. The van der Waals surface area contributed by atoms with Crippen LogP contribution in [0.25, 0.3) is 10.9 Å². The molecule has 0 atom stereocenters. The lowest BCUT2D eigenvalue weighted by Gasteiger charge is -2.07. The van der Waals surface area contributed by atoms with E-state index in [0.717, 1.165) is 0 Å². The maximum absolute atomic E-state index is 13.3. The number of nitrogens with one attached hydrogen (secondary N) is 1. The summed E-state index contributed by atoms with van der Waals surface area (Å²) in [7, 11) is 0. The molecule has 0 aliphatic carbocycles. The minimum absolute atomic E-state index is 0.299. The van der Waals surface area contributed by atoms with E-state index in [1.807, 2.05) is 6.07 Å². The number of hydrazine groups is 1. The Morgan fingerprint density at radius 3 is 2.88 bits per heavy atom.